The molecule has 0 saturated heterocycles. The number of alkyl halides is 12. The average molecular weight is 796 g/mol. The molecule has 2 rings (SSSR count). The van der Waals surface area contributed by atoms with Gasteiger partial charge in [0.2, 0.25) is 0 Å². The molecule has 30 heteroatoms. The summed E-state index contributed by atoms with van der Waals surface area (Å²) in [5.41, 5.74) is 0. The first-order chi connectivity index (χ1) is 22.1. The number of rotatable bonds is 15. The Hall–Kier alpha value is -4.32. The lowest BCUT2D eigenvalue weighted by molar-refractivity contribution is -0.425. The van der Waals surface area contributed by atoms with Crippen molar-refractivity contribution in [3.63, 3.8) is 0 Å². The predicted octanol–water partition coefficient (Wildman–Crippen LogP) is 1.56. The van der Waals surface area contributed by atoms with E-state index in [0.717, 1.165) is 0 Å². The van der Waals surface area contributed by atoms with Crippen LogP contribution in [0.1, 0.15) is 25.7 Å². The maximum absolute atomic E-state index is 14.2. The molecule has 0 aromatic rings. The number of hydrogen-bond acceptors (Lipinski definition) is 12. The molecule has 0 aromatic carbocycles. The van der Waals surface area contributed by atoms with Crippen molar-refractivity contribution in [2.75, 3.05) is 0 Å². The Morgan fingerprint density at radius 3 is 1.04 bits per heavy atom. The van der Waals surface area contributed by atoms with Gasteiger partial charge in [-0.15, -0.1) is 0 Å². The molecule has 2 heterocycles. The van der Waals surface area contributed by atoms with Crippen molar-refractivity contribution in [3.8, 4) is 0 Å². The Labute approximate surface area is 266 Å². The van der Waals surface area contributed by atoms with E-state index < -0.39 is 137 Å². The molecule has 0 atom stereocenters. The van der Waals surface area contributed by atoms with Gasteiger partial charge in [-0.3, -0.25) is 28.3 Å². The van der Waals surface area contributed by atoms with Gasteiger partial charge in [0.15, 0.2) is 9.81 Å². The summed E-state index contributed by atoms with van der Waals surface area (Å²) in [7, 11) is -11.0. The molecule has 16 nitrogen and oxygen atoms in total. The van der Waals surface area contributed by atoms with Gasteiger partial charge < -0.3 is 9.68 Å². The number of hydrogen-bond donors (Lipinski definition) is 2. The monoisotopic (exact) mass is 796 g/mol. The van der Waals surface area contributed by atoms with Crippen molar-refractivity contribution in [1.82, 2.24) is 10.1 Å². The van der Waals surface area contributed by atoms with Crippen LogP contribution in [0.15, 0.2) is 22.0 Å². The minimum Gasteiger partial charge on any atom is -0.330 e. The van der Waals surface area contributed by atoms with Crippen molar-refractivity contribution >= 4 is 55.8 Å². The van der Waals surface area contributed by atoms with Gasteiger partial charge in [0.25, 0.3) is 32.1 Å². The maximum atomic E-state index is 14.2. The van der Waals surface area contributed by atoms with Gasteiger partial charge in [-0.2, -0.15) is 69.5 Å². The van der Waals surface area contributed by atoms with Gasteiger partial charge >= 0.3 is 59.3 Å². The molecule has 0 saturated carbocycles. The Bertz CT molecular complexity index is 1680. The lowest BCUT2D eigenvalue weighted by Gasteiger charge is -2.41. The summed E-state index contributed by atoms with van der Waals surface area (Å²) < 4.78 is 231. The van der Waals surface area contributed by atoms with Crippen molar-refractivity contribution in [2.45, 2.75) is 61.2 Å². The van der Waals surface area contributed by atoms with Crippen molar-refractivity contribution in [1.29, 1.82) is 0 Å². The van der Waals surface area contributed by atoms with Crippen LogP contribution in [-0.2, 0) is 58.7 Å². The summed E-state index contributed by atoms with van der Waals surface area (Å²) in [6, 6.07) is 0. The van der Waals surface area contributed by atoms with Gasteiger partial charge in [0, 0.05) is 25.0 Å². The normalized spacial score (nSPS) is 17.3. The number of nitrogens with zero attached hydrogens (tertiary/aromatic N) is 2. The highest BCUT2D eigenvalue weighted by molar-refractivity contribution is 7.91. The summed E-state index contributed by atoms with van der Waals surface area (Å²) in [4.78, 5) is 73.5. The molecule has 0 unspecified atom stereocenters. The molecule has 282 valence electrons. The zero-order valence-corrected chi connectivity index (χ0v) is 24.7. The highest BCUT2D eigenvalue weighted by atomic mass is 32.2. The van der Waals surface area contributed by atoms with E-state index in [-0.39, 0.29) is 12.2 Å². The molecule has 0 aliphatic carbocycles. The van der Waals surface area contributed by atoms with Gasteiger partial charge in [0.05, 0.1) is 12.8 Å². The standard InChI is InChI=1S/C20H12F12N2O14S2/c21-15(22,3-1-11(37)47-33-9(35)5-7(13(33)39)49(41,42)43)17(25,26)19(29,30)20(31,32)18(27,28)16(23,24)4-2-12(38)48-34-10(36)6-8(14(34)40)50(44,45)46/h5-6H,1-4H2,(H,41,42,43)(H,44,45,46). The first-order valence-corrected chi connectivity index (χ1v) is 14.8. The second kappa shape index (κ2) is 12.8. The molecule has 50 heavy (non-hydrogen) atoms. The first-order valence-electron chi connectivity index (χ1n) is 11.9. The molecular weight excluding hydrogens is 784 g/mol. The summed E-state index contributed by atoms with van der Waals surface area (Å²) in [5.74, 6) is -58.6. The number of imide groups is 2. The lowest BCUT2D eigenvalue weighted by Crippen LogP contribution is -2.70. The van der Waals surface area contributed by atoms with Crippen LogP contribution >= 0.6 is 0 Å². The third-order valence-corrected chi connectivity index (χ3v) is 7.73. The summed E-state index contributed by atoms with van der Waals surface area (Å²) in [5, 5.41) is -1.78. The average Bonchev–Trinajstić information content (AvgIpc) is 3.40. The number of carbonyl (C=O) groups is 6. The third kappa shape index (κ3) is 7.26. The highest BCUT2D eigenvalue weighted by Crippen LogP contribution is 2.61. The molecule has 0 aromatic heterocycles. The fraction of sp³-hybridized carbons (Fsp3) is 0.500. The highest BCUT2D eigenvalue weighted by Gasteiger charge is 2.89. The van der Waals surface area contributed by atoms with Gasteiger partial charge in [0.1, 0.15) is 0 Å². The topological polar surface area (TPSA) is 236 Å². The van der Waals surface area contributed by atoms with Crippen LogP contribution < -0.4 is 0 Å². The fourth-order valence-corrected chi connectivity index (χ4v) is 4.50. The minimum absolute atomic E-state index is 0.218. The van der Waals surface area contributed by atoms with Crippen molar-refractivity contribution in [2.24, 2.45) is 0 Å². The van der Waals surface area contributed by atoms with Crippen LogP contribution in [-0.4, -0.2) is 107 Å². The van der Waals surface area contributed by atoms with Crippen LogP contribution in [0.25, 0.3) is 0 Å². The van der Waals surface area contributed by atoms with E-state index >= 15 is 0 Å². The molecule has 0 fully saturated rings. The first kappa shape index (κ1) is 41.8. The SMILES string of the molecule is O=C(CCC(F)(F)C(F)(F)C(F)(F)C(F)(F)C(F)(F)C(F)(F)CCC(=O)ON1C(=O)C=C(S(=O)(=O)O)C1=O)ON1C(=O)C=C(S(=O)(=O)O)C1=O. The fourth-order valence-electron chi connectivity index (χ4n) is 3.39. The summed E-state index contributed by atoms with van der Waals surface area (Å²) in [6.07, 6.45) is -11.4. The molecule has 2 N–H and O–H groups in total. The van der Waals surface area contributed by atoms with Crippen LogP contribution in [0.4, 0.5) is 52.7 Å². The number of hydroxylamine groups is 4. The largest absolute Gasteiger partial charge is 0.384 e. The van der Waals surface area contributed by atoms with Gasteiger partial charge in [-0.1, -0.05) is 10.1 Å². The number of carbonyl (C=O) groups excluding carboxylic acids is 6. The van der Waals surface area contributed by atoms with Crippen LogP contribution in [0, 0.1) is 0 Å². The molecule has 2 aliphatic rings. The predicted molar refractivity (Wildman–Crippen MR) is 123 cm³/mol. The van der Waals surface area contributed by atoms with Gasteiger partial charge in [-0.25, -0.2) is 9.59 Å². The quantitative estimate of drug-likeness (QED) is 0.136. The molecule has 0 radical (unpaired) electrons. The van der Waals surface area contributed by atoms with Crippen LogP contribution in [0.3, 0.4) is 0 Å². The van der Waals surface area contributed by atoms with E-state index in [1.165, 1.54) is 0 Å². The van der Waals surface area contributed by atoms with E-state index in [1.54, 1.807) is 0 Å². The van der Waals surface area contributed by atoms with Crippen LogP contribution in [0.5, 0.6) is 0 Å². The number of halogens is 12. The molecule has 0 spiro atoms. The molecule has 2 aliphatic heterocycles. The van der Waals surface area contributed by atoms with Gasteiger partial charge in [-0.05, 0) is 0 Å². The zero-order valence-electron chi connectivity index (χ0n) is 23.0. The van der Waals surface area contributed by atoms with Crippen molar-refractivity contribution in [3.05, 3.63) is 22.0 Å². The molecule has 0 bridgehead atoms. The lowest BCUT2D eigenvalue weighted by atomic mass is 9.89. The van der Waals surface area contributed by atoms with E-state index in [0.29, 0.717) is 0 Å². The number of amides is 4. The summed E-state index contributed by atoms with van der Waals surface area (Å²) in [6.45, 7) is 0. The smallest absolute Gasteiger partial charge is 0.330 e. The molecule has 4 amide bonds. The van der Waals surface area contributed by atoms with E-state index in [2.05, 4.69) is 9.68 Å². The summed E-state index contributed by atoms with van der Waals surface area (Å²) >= 11 is 0. The maximum Gasteiger partial charge on any atom is 0.384 e. The van der Waals surface area contributed by atoms with E-state index in [9.17, 15) is 98.3 Å². The third-order valence-electron chi connectivity index (χ3n) is 6.03. The second-order valence-corrected chi connectivity index (χ2v) is 12.3. The minimum atomic E-state index is -8.18. The van der Waals surface area contributed by atoms with Crippen LogP contribution in [0.2, 0.25) is 0 Å². The molecular formula is C20H12F12N2O14S2. The Kier molecular flexibility index (Phi) is 10.7. The van der Waals surface area contributed by atoms with E-state index in [1.807, 2.05) is 0 Å². The van der Waals surface area contributed by atoms with Crippen molar-refractivity contribution < 1.29 is 117 Å². The zero-order chi connectivity index (χ0) is 39.4. The Morgan fingerprint density at radius 2 is 0.820 bits per heavy atom. The Balaban J connectivity index is 2.18. The second-order valence-electron chi connectivity index (χ2n) is 9.48. The van der Waals surface area contributed by atoms with E-state index in [4.69, 9.17) is 9.11 Å². The Morgan fingerprint density at radius 1 is 0.560 bits per heavy atom.